The normalized spacial score (nSPS) is 14.7. The lowest BCUT2D eigenvalue weighted by molar-refractivity contribution is 0.304. The van der Waals surface area contributed by atoms with E-state index in [-0.39, 0.29) is 0 Å². The van der Waals surface area contributed by atoms with E-state index in [4.69, 9.17) is 4.74 Å². The van der Waals surface area contributed by atoms with Gasteiger partial charge >= 0.3 is 0 Å². The quantitative estimate of drug-likeness (QED) is 0.805. The highest BCUT2D eigenvalue weighted by atomic mass is 16.5. The van der Waals surface area contributed by atoms with Crippen LogP contribution in [-0.2, 0) is 0 Å². The summed E-state index contributed by atoms with van der Waals surface area (Å²) in [5.74, 6) is 1.50. The third-order valence-electron chi connectivity index (χ3n) is 3.46. The molecule has 0 spiro atoms. The maximum atomic E-state index is 6.02. The highest BCUT2D eigenvalue weighted by Crippen LogP contribution is 2.36. The number of ether oxygens (including phenoxy) is 1. The Balaban J connectivity index is 2.03. The van der Waals surface area contributed by atoms with Gasteiger partial charge < -0.3 is 4.74 Å². The summed E-state index contributed by atoms with van der Waals surface area (Å²) in [6.45, 7) is 4.42. The average Bonchev–Trinajstić information content (AvgIpc) is 3.24. The average molecular weight is 253 g/mol. The van der Waals surface area contributed by atoms with Crippen molar-refractivity contribution < 1.29 is 4.74 Å². The van der Waals surface area contributed by atoms with Crippen LogP contribution in [0.15, 0.2) is 42.7 Å². The van der Waals surface area contributed by atoms with E-state index >= 15 is 0 Å². The lowest BCUT2D eigenvalue weighted by Gasteiger charge is -2.14. The zero-order valence-corrected chi connectivity index (χ0v) is 11.5. The smallest absolute Gasteiger partial charge is 0.127 e. The van der Waals surface area contributed by atoms with Gasteiger partial charge in [-0.05, 0) is 42.5 Å². The molecule has 1 aromatic carbocycles. The Hall–Kier alpha value is -1.83. The Morgan fingerprint density at radius 2 is 2.05 bits per heavy atom. The molecule has 1 heterocycles. The van der Waals surface area contributed by atoms with E-state index in [9.17, 15) is 0 Å². The molecule has 19 heavy (non-hydrogen) atoms. The summed E-state index contributed by atoms with van der Waals surface area (Å²) in [6, 6.07) is 10.6. The van der Waals surface area contributed by atoms with Crippen LogP contribution in [0.1, 0.15) is 38.2 Å². The summed E-state index contributed by atoms with van der Waals surface area (Å²) in [4.78, 5) is 4.22. The molecule has 1 saturated carbocycles. The highest BCUT2D eigenvalue weighted by Gasteiger charge is 2.25. The first-order valence-electron chi connectivity index (χ1n) is 6.95. The van der Waals surface area contributed by atoms with Gasteiger partial charge in [-0.15, -0.1) is 0 Å². The second-order valence-corrected chi connectivity index (χ2v) is 5.47. The third-order valence-corrected chi connectivity index (χ3v) is 3.46. The number of nitrogens with zero attached hydrogens (tertiary/aromatic N) is 1. The van der Waals surface area contributed by atoms with Crippen molar-refractivity contribution in [3.05, 3.63) is 48.3 Å². The van der Waals surface area contributed by atoms with Crippen molar-refractivity contribution in [3.63, 3.8) is 0 Å². The molecule has 0 N–H and O–H groups in total. The summed E-state index contributed by atoms with van der Waals surface area (Å²) >= 11 is 0. The molecule has 0 amide bonds. The molecule has 0 aliphatic heterocycles. The molecule has 3 rings (SSSR count). The molecule has 2 nitrogen and oxygen atoms in total. The molecule has 1 fully saturated rings. The topological polar surface area (TPSA) is 22.1 Å². The molecule has 2 aromatic rings. The summed E-state index contributed by atoms with van der Waals surface area (Å²) in [5, 5.41) is 0. The van der Waals surface area contributed by atoms with Crippen LogP contribution in [0.5, 0.6) is 5.75 Å². The van der Waals surface area contributed by atoms with Crippen LogP contribution in [-0.4, -0.2) is 11.1 Å². The molecule has 1 aromatic heterocycles. The fourth-order valence-corrected chi connectivity index (χ4v) is 2.12. The van der Waals surface area contributed by atoms with Crippen molar-refractivity contribution in [1.29, 1.82) is 0 Å². The molecule has 0 unspecified atom stereocenters. The molecule has 1 aliphatic rings. The van der Waals surface area contributed by atoms with Crippen molar-refractivity contribution in [3.8, 4) is 16.9 Å². The van der Waals surface area contributed by atoms with Gasteiger partial charge in [0.25, 0.3) is 0 Å². The summed E-state index contributed by atoms with van der Waals surface area (Å²) in [7, 11) is 0. The lowest BCUT2D eigenvalue weighted by atomic mass is 9.97. The van der Waals surface area contributed by atoms with E-state index in [1.165, 1.54) is 18.4 Å². The Kier molecular flexibility index (Phi) is 3.24. The van der Waals surface area contributed by atoms with Crippen LogP contribution in [0.25, 0.3) is 11.1 Å². The van der Waals surface area contributed by atoms with Gasteiger partial charge in [-0.2, -0.15) is 0 Å². The molecule has 0 bridgehead atoms. The van der Waals surface area contributed by atoms with E-state index < -0.39 is 0 Å². The zero-order valence-electron chi connectivity index (χ0n) is 11.5. The van der Waals surface area contributed by atoms with Crippen molar-refractivity contribution in [2.75, 3.05) is 0 Å². The van der Waals surface area contributed by atoms with Crippen LogP contribution >= 0.6 is 0 Å². The lowest BCUT2D eigenvalue weighted by Crippen LogP contribution is -1.99. The number of rotatable bonds is 4. The van der Waals surface area contributed by atoms with Gasteiger partial charge in [0.2, 0.25) is 0 Å². The number of hydrogen-bond donors (Lipinski definition) is 0. The summed E-state index contributed by atoms with van der Waals surface area (Å²) in [6.07, 6.45) is 6.48. The van der Waals surface area contributed by atoms with Gasteiger partial charge in [-0.25, -0.2) is 0 Å². The minimum atomic E-state index is 0.417. The van der Waals surface area contributed by atoms with Crippen LogP contribution in [0.3, 0.4) is 0 Å². The van der Waals surface area contributed by atoms with Crippen molar-refractivity contribution in [2.24, 2.45) is 0 Å². The number of aromatic nitrogens is 1. The summed E-state index contributed by atoms with van der Waals surface area (Å²) < 4.78 is 6.02. The Bertz CT molecular complexity index is 559. The van der Waals surface area contributed by atoms with Crippen molar-refractivity contribution >= 4 is 0 Å². The predicted molar refractivity (Wildman–Crippen MR) is 77.4 cm³/mol. The van der Waals surface area contributed by atoms with Crippen LogP contribution < -0.4 is 4.74 Å². The molecule has 98 valence electrons. The van der Waals surface area contributed by atoms with Crippen LogP contribution in [0.4, 0.5) is 0 Å². The molecular weight excluding hydrogens is 234 g/mol. The van der Waals surface area contributed by atoms with E-state index in [0.717, 1.165) is 16.9 Å². The van der Waals surface area contributed by atoms with Gasteiger partial charge in [0, 0.05) is 23.5 Å². The first-order valence-corrected chi connectivity index (χ1v) is 6.95. The Labute approximate surface area is 114 Å². The molecule has 2 heteroatoms. The summed E-state index contributed by atoms with van der Waals surface area (Å²) in [5.41, 5.74) is 3.62. The first kappa shape index (κ1) is 12.2. The largest absolute Gasteiger partial charge is 0.490 e. The fraction of sp³-hybridized carbons (Fsp3) is 0.353. The van der Waals surface area contributed by atoms with Gasteiger partial charge in [-0.1, -0.05) is 26.0 Å². The number of benzene rings is 1. The van der Waals surface area contributed by atoms with Crippen molar-refractivity contribution in [1.82, 2.24) is 4.98 Å². The monoisotopic (exact) mass is 253 g/mol. The maximum Gasteiger partial charge on any atom is 0.127 e. The second kappa shape index (κ2) is 5.04. The van der Waals surface area contributed by atoms with Gasteiger partial charge in [0.1, 0.15) is 5.75 Å². The predicted octanol–water partition coefficient (Wildman–Crippen LogP) is 4.41. The van der Waals surface area contributed by atoms with E-state index in [1.54, 1.807) is 6.20 Å². The fourth-order valence-electron chi connectivity index (χ4n) is 2.12. The highest BCUT2D eigenvalue weighted by molar-refractivity contribution is 5.70. The van der Waals surface area contributed by atoms with Crippen LogP contribution in [0, 0.1) is 0 Å². The van der Waals surface area contributed by atoms with E-state index in [2.05, 4.69) is 43.1 Å². The van der Waals surface area contributed by atoms with Crippen LogP contribution in [0.2, 0.25) is 0 Å². The minimum Gasteiger partial charge on any atom is -0.490 e. The molecular formula is C17H19NO. The van der Waals surface area contributed by atoms with Crippen molar-refractivity contribution in [2.45, 2.75) is 38.7 Å². The SMILES string of the molecule is CC(C)c1ccc(OC2CC2)c(-c2cccnc2)c1. The Morgan fingerprint density at radius 3 is 2.68 bits per heavy atom. The Morgan fingerprint density at radius 1 is 1.21 bits per heavy atom. The van der Waals surface area contributed by atoms with Gasteiger partial charge in [0.15, 0.2) is 0 Å². The van der Waals surface area contributed by atoms with E-state index in [1.807, 2.05) is 12.3 Å². The minimum absolute atomic E-state index is 0.417. The van der Waals surface area contributed by atoms with Gasteiger partial charge in [0.05, 0.1) is 6.10 Å². The zero-order chi connectivity index (χ0) is 13.2. The first-order chi connectivity index (χ1) is 9.24. The molecule has 0 atom stereocenters. The number of pyridine rings is 1. The maximum absolute atomic E-state index is 6.02. The standard InChI is InChI=1S/C17H19NO/c1-12(2)13-5-8-17(19-15-6-7-15)16(10-13)14-4-3-9-18-11-14/h3-5,8-12,15H,6-7H2,1-2H3. The molecule has 0 saturated heterocycles. The van der Waals surface area contributed by atoms with E-state index in [0.29, 0.717) is 12.0 Å². The number of hydrogen-bond acceptors (Lipinski definition) is 2. The van der Waals surface area contributed by atoms with Gasteiger partial charge in [-0.3, -0.25) is 4.98 Å². The second-order valence-electron chi connectivity index (χ2n) is 5.47. The third kappa shape index (κ3) is 2.78. The molecule has 0 radical (unpaired) electrons. The molecule has 1 aliphatic carbocycles.